The zero-order valence-electron chi connectivity index (χ0n) is 10.4. The molecule has 0 fully saturated rings. The number of para-hydroxylation sites is 1. The maximum absolute atomic E-state index is 13.0. The van der Waals surface area contributed by atoms with Crippen LogP contribution in [-0.2, 0) is 6.61 Å². The first kappa shape index (κ1) is 13.5. The van der Waals surface area contributed by atoms with Gasteiger partial charge in [-0.3, -0.25) is 0 Å². The van der Waals surface area contributed by atoms with Gasteiger partial charge in [0.25, 0.3) is 0 Å². The van der Waals surface area contributed by atoms with Crippen molar-refractivity contribution in [1.82, 2.24) is 0 Å². The summed E-state index contributed by atoms with van der Waals surface area (Å²) in [6, 6.07) is 10.7. The molecule has 0 aliphatic carbocycles. The van der Waals surface area contributed by atoms with Gasteiger partial charge >= 0.3 is 0 Å². The quantitative estimate of drug-likeness (QED) is 0.914. The Bertz CT molecular complexity index is 568. The highest BCUT2D eigenvalue weighted by atomic mass is 19.2. The molecule has 2 rings (SSSR count). The molecule has 2 aromatic rings. The highest BCUT2D eigenvalue weighted by Gasteiger charge is 2.09. The van der Waals surface area contributed by atoms with Crippen LogP contribution in [0.1, 0.15) is 24.2 Å². The Hall–Kier alpha value is -1.94. The fourth-order valence-electron chi connectivity index (χ4n) is 1.75. The van der Waals surface area contributed by atoms with Gasteiger partial charge in [0.15, 0.2) is 11.6 Å². The molecule has 1 N–H and O–H groups in total. The lowest BCUT2D eigenvalue weighted by molar-refractivity contribution is 0.190. The number of aliphatic hydroxyl groups is 1. The molecule has 1 atom stereocenters. The topological polar surface area (TPSA) is 29.5 Å². The summed E-state index contributed by atoms with van der Waals surface area (Å²) < 4.78 is 31.4. The van der Waals surface area contributed by atoms with Crippen LogP contribution < -0.4 is 4.74 Å². The molecule has 2 nitrogen and oxygen atoms in total. The van der Waals surface area contributed by atoms with E-state index < -0.39 is 17.7 Å². The molecule has 0 heterocycles. The number of benzene rings is 2. The lowest BCUT2D eigenvalue weighted by Gasteiger charge is -2.13. The van der Waals surface area contributed by atoms with Gasteiger partial charge in [-0.2, -0.15) is 0 Å². The maximum atomic E-state index is 13.0. The number of aliphatic hydroxyl groups excluding tert-OH is 1. The Morgan fingerprint density at radius 2 is 1.84 bits per heavy atom. The monoisotopic (exact) mass is 264 g/mol. The largest absolute Gasteiger partial charge is 0.489 e. The van der Waals surface area contributed by atoms with E-state index in [1.54, 1.807) is 31.2 Å². The van der Waals surface area contributed by atoms with Crippen LogP contribution in [0.15, 0.2) is 42.5 Å². The molecule has 19 heavy (non-hydrogen) atoms. The minimum Gasteiger partial charge on any atom is -0.489 e. The molecule has 0 radical (unpaired) electrons. The van der Waals surface area contributed by atoms with E-state index in [1.165, 1.54) is 6.07 Å². The first-order chi connectivity index (χ1) is 9.08. The molecule has 2 aromatic carbocycles. The Morgan fingerprint density at radius 3 is 2.53 bits per heavy atom. The van der Waals surface area contributed by atoms with E-state index in [-0.39, 0.29) is 6.61 Å². The maximum Gasteiger partial charge on any atom is 0.159 e. The minimum absolute atomic E-state index is 0.112. The van der Waals surface area contributed by atoms with E-state index in [4.69, 9.17) is 4.74 Å². The normalized spacial score (nSPS) is 12.2. The third-order valence-electron chi connectivity index (χ3n) is 2.75. The lowest BCUT2D eigenvalue weighted by atomic mass is 10.1. The third kappa shape index (κ3) is 3.29. The van der Waals surface area contributed by atoms with Crippen LogP contribution in [0, 0.1) is 11.6 Å². The zero-order chi connectivity index (χ0) is 13.8. The summed E-state index contributed by atoms with van der Waals surface area (Å²) >= 11 is 0. The van der Waals surface area contributed by atoms with Crippen molar-refractivity contribution < 1.29 is 18.6 Å². The number of ether oxygens (including phenoxy) is 1. The molecule has 0 unspecified atom stereocenters. The molecule has 100 valence electrons. The van der Waals surface area contributed by atoms with E-state index in [1.807, 2.05) is 0 Å². The average Bonchev–Trinajstić information content (AvgIpc) is 2.40. The Kier molecular flexibility index (Phi) is 4.12. The van der Waals surface area contributed by atoms with Gasteiger partial charge < -0.3 is 9.84 Å². The molecule has 0 spiro atoms. The molecule has 0 saturated carbocycles. The summed E-state index contributed by atoms with van der Waals surface area (Å²) in [6.45, 7) is 1.75. The van der Waals surface area contributed by atoms with Gasteiger partial charge in [-0.25, -0.2) is 8.78 Å². The van der Waals surface area contributed by atoms with Crippen molar-refractivity contribution in [3.05, 3.63) is 65.2 Å². The molecule has 4 heteroatoms. The fraction of sp³-hybridized carbons (Fsp3) is 0.200. The van der Waals surface area contributed by atoms with Crippen LogP contribution in [0.3, 0.4) is 0 Å². The van der Waals surface area contributed by atoms with Crippen molar-refractivity contribution in [1.29, 1.82) is 0 Å². The van der Waals surface area contributed by atoms with Crippen molar-refractivity contribution in [2.45, 2.75) is 19.6 Å². The molecule has 0 bridgehead atoms. The second kappa shape index (κ2) is 5.80. The van der Waals surface area contributed by atoms with Crippen LogP contribution in [0.4, 0.5) is 8.78 Å². The number of rotatable bonds is 4. The van der Waals surface area contributed by atoms with Crippen molar-refractivity contribution in [3.8, 4) is 5.75 Å². The second-order valence-corrected chi connectivity index (χ2v) is 4.25. The van der Waals surface area contributed by atoms with Gasteiger partial charge in [-0.05, 0) is 30.7 Å². The predicted molar refractivity (Wildman–Crippen MR) is 67.8 cm³/mol. The first-order valence-electron chi connectivity index (χ1n) is 5.91. The van der Waals surface area contributed by atoms with Gasteiger partial charge in [0.1, 0.15) is 12.4 Å². The van der Waals surface area contributed by atoms with E-state index in [9.17, 15) is 13.9 Å². The molecule has 0 aromatic heterocycles. The molecule has 0 aliphatic rings. The SMILES string of the molecule is C[C@H](O)c1ccccc1OCc1ccc(F)c(F)c1. The van der Waals surface area contributed by atoms with Crippen LogP contribution >= 0.6 is 0 Å². The molecular formula is C15H14F2O2. The molecule has 0 saturated heterocycles. The van der Waals surface area contributed by atoms with Gasteiger partial charge in [-0.1, -0.05) is 24.3 Å². The van der Waals surface area contributed by atoms with Crippen molar-refractivity contribution in [2.24, 2.45) is 0 Å². The van der Waals surface area contributed by atoms with Crippen LogP contribution in [0.2, 0.25) is 0 Å². The van der Waals surface area contributed by atoms with Crippen molar-refractivity contribution in [3.63, 3.8) is 0 Å². The standard InChI is InChI=1S/C15H14F2O2/c1-10(18)12-4-2-3-5-15(12)19-9-11-6-7-13(16)14(17)8-11/h2-8,10,18H,9H2,1H3/t10-/m0/s1. The third-order valence-corrected chi connectivity index (χ3v) is 2.75. The Morgan fingerprint density at radius 1 is 1.11 bits per heavy atom. The number of hydrogen-bond acceptors (Lipinski definition) is 2. The van der Waals surface area contributed by atoms with Gasteiger partial charge in [0.2, 0.25) is 0 Å². The van der Waals surface area contributed by atoms with Crippen LogP contribution in [0.5, 0.6) is 5.75 Å². The van der Waals surface area contributed by atoms with Crippen LogP contribution in [-0.4, -0.2) is 5.11 Å². The summed E-state index contributed by atoms with van der Waals surface area (Å²) in [6.07, 6.45) is -0.652. The highest BCUT2D eigenvalue weighted by Crippen LogP contribution is 2.25. The second-order valence-electron chi connectivity index (χ2n) is 4.25. The average molecular weight is 264 g/mol. The lowest BCUT2D eigenvalue weighted by Crippen LogP contribution is -2.01. The van der Waals surface area contributed by atoms with Crippen molar-refractivity contribution >= 4 is 0 Å². The highest BCUT2D eigenvalue weighted by molar-refractivity contribution is 5.35. The van der Waals surface area contributed by atoms with E-state index in [0.29, 0.717) is 16.9 Å². The molecular weight excluding hydrogens is 250 g/mol. The van der Waals surface area contributed by atoms with E-state index >= 15 is 0 Å². The van der Waals surface area contributed by atoms with E-state index in [0.717, 1.165) is 12.1 Å². The van der Waals surface area contributed by atoms with E-state index in [2.05, 4.69) is 0 Å². The molecule has 0 amide bonds. The summed E-state index contributed by atoms with van der Waals surface area (Å²) in [5, 5.41) is 9.59. The smallest absolute Gasteiger partial charge is 0.159 e. The van der Waals surface area contributed by atoms with Gasteiger partial charge in [0, 0.05) is 5.56 Å². The predicted octanol–water partition coefficient (Wildman–Crippen LogP) is 3.60. The van der Waals surface area contributed by atoms with Crippen molar-refractivity contribution in [2.75, 3.05) is 0 Å². The summed E-state index contributed by atoms with van der Waals surface area (Å²) in [7, 11) is 0. The van der Waals surface area contributed by atoms with Gasteiger partial charge in [-0.15, -0.1) is 0 Å². The zero-order valence-corrected chi connectivity index (χ0v) is 10.4. The number of hydrogen-bond donors (Lipinski definition) is 1. The summed E-state index contributed by atoms with van der Waals surface area (Å²) in [5.74, 6) is -1.25. The van der Waals surface area contributed by atoms with Gasteiger partial charge in [0.05, 0.1) is 6.10 Å². The Balaban J connectivity index is 2.12. The van der Waals surface area contributed by atoms with Crippen LogP contribution in [0.25, 0.3) is 0 Å². The molecule has 0 aliphatic heterocycles. The Labute approximate surface area is 110 Å². The number of halogens is 2. The fourth-order valence-corrected chi connectivity index (χ4v) is 1.75. The first-order valence-corrected chi connectivity index (χ1v) is 5.91. The summed E-state index contributed by atoms with van der Waals surface area (Å²) in [5.41, 5.74) is 1.18. The summed E-state index contributed by atoms with van der Waals surface area (Å²) in [4.78, 5) is 0. The minimum atomic E-state index is -0.898.